The van der Waals surface area contributed by atoms with Crippen LogP contribution >= 0.6 is 0 Å². The lowest BCUT2D eigenvalue weighted by Gasteiger charge is -2.29. The van der Waals surface area contributed by atoms with E-state index in [9.17, 15) is 22.8 Å². The van der Waals surface area contributed by atoms with E-state index in [4.69, 9.17) is 4.42 Å². The Bertz CT molecular complexity index is 1330. The van der Waals surface area contributed by atoms with Gasteiger partial charge in [0.1, 0.15) is 5.82 Å². The maximum atomic E-state index is 13.7. The fourth-order valence-corrected chi connectivity index (χ4v) is 5.05. The molecule has 2 fully saturated rings. The largest absolute Gasteiger partial charge is 0.437 e. The van der Waals surface area contributed by atoms with Gasteiger partial charge >= 0.3 is 6.18 Å². The maximum Gasteiger partial charge on any atom is 0.437 e. The van der Waals surface area contributed by atoms with Crippen molar-refractivity contribution in [2.45, 2.75) is 38.9 Å². The van der Waals surface area contributed by atoms with Gasteiger partial charge < -0.3 is 24.4 Å². The van der Waals surface area contributed by atoms with Crippen LogP contribution in [-0.2, 0) is 17.5 Å². The van der Waals surface area contributed by atoms with E-state index in [2.05, 4.69) is 15.3 Å². The molecule has 212 valence electrons. The van der Waals surface area contributed by atoms with Crippen LogP contribution in [0.5, 0.6) is 0 Å². The van der Waals surface area contributed by atoms with Gasteiger partial charge in [-0.1, -0.05) is 37.3 Å². The molecule has 0 saturated carbocycles. The summed E-state index contributed by atoms with van der Waals surface area (Å²) in [4.78, 5) is 39.0. The van der Waals surface area contributed by atoms with E-state index in [-0.39, 0.29) is 23.5 Å². The van der Waals surface area contributed by atoms with Gasteiger partial charge in [0.15, 0.2) is 5.69 Å². The van der Waals surface area contributed by atoms with E-state index >= 15 is 0 Å². The first-order chi connectivity index (χ1) is 19.2. The average molecular weight is 557 g/mol. The highest BCUT2D eigenvalue weighted by Gasteiger charge is 2.42. The van der Waals surface area contributed by atoms with Gasteiger partial charge in [0.2, 0.25) is 11.7 Å². The molecular formula is C28H31F3N6O3. The lowest BCUT2D eigenvalue weighted by Crippen LogP contribution is -2.34. The molecule has 12 heteroatoms. The molecule has 0 radical (unpaired) electrons. The van der Waals surface area contributed by atoms with Gasteiger partial charge in [0.05, 0.1) is 11.9 Å². The van der Waals surface area contributed by atoms with Crippen LogP contribution in [0, 0.1) is 5.92 Å². The lowest BCUT2D eigenvalue weighted by atomic mass is 10.0. The molecule has 2 aliphatic rings. The number of rotatable bonds is 6. The molecule has 2 aromatic heterocycles. The van der Waals surface area contributed by atoms with Crippen molar-refractivity contribution < 1.29 is 27.2 Å². The number of carbonyl (C=O) groups excluding carboxylic acids is 2. The lowest BCUT2D eigenvalue weighted by molar-refractivity contribution is -0.141. The molecule has 1 aromatic carbocycles. The Labute approximate surface area is 230 Å². The molecule has 4 heterocycles. The highest BCUT2D eigenvalue weighted by Crippen LogP contribution is 2.35. The Kier molecular flexibility index (Phi) is 7.95. The summed E-state index contributed by atoms with van der Waals surface area (Å²) in [6, 6.07) is 12.8. The van der Waals surface area contributed by atoms with Gasteiger partial charge in [0, 0.05) is 45.7 Å². The molecule has 5 rings (SSSR count). The highest BCUT2D eigenvalue weighted by atomic mass is 19.4. The number of aromatic nitrogens is 2. The smallest absolute Gasteiger partial charge is 0.417 e. The number of oxazole rings is 1. The molecule has 1 N–H and O–H groups in total. The SMILES string of the molecule is CC1CCCN(c2nc(C(F)(F)F)c(C(=O)Nc3ccc(N4CCC(=O)N(Cc5ccccc5)CC4)nc3)o2)C1. The van der Waals surface area contributed by atoms with Crippen molar-refractivity contribution >= 4 is 29.3 Å². The predicted molar refractivity (Wildman–Crippen MR) is 143 cm³/mol. The van der Waals surface area contributed by atoms with Gasteiger partial charge in [0.25, 0.3) is 11.9 Å². The number of hydrogen-bond donors (Lipinski definition) is 1. The standard InChI is InChI=1S/C28H31F3N6O3/c1-19-6-5-12-37(17-19)27-34-25(28(29,30)31)24(40-27)26(39)33-21-9-10-22(32-16-21)35-13-11-23(38)36(15-14-35)18-20-7-3-2-4-8-20/h2-4,7-10,16,19H,5-6,11-15,17-18H2,1H3,(H,33,39). The molecule has 1 atom stereocenters. The summed E-state index contributed by atoms with van der Waals surface area (Å²) in [7, 11) is 0. The van der Waals surface area contributed by atoms with E-state index < -0.39 is 23.5 Å². The summed E-state index contributed by atoms with van der Waals surface area (Å²) >= 11 is 0. The van der Waals surface area contributed by atoms with Crippen LogP contribution in [0.3, 0.4) is 0 Å². The minimum absolute atomic E-state index is 0.0566. The van der Waals surface area contributed by atoms with Crippen molar-refractivity contribution in [3.63, 3.8) is 0 Å². The second kappa shape index (κ2) is 11.6. The minimum Gasteiger partial charge on any atom is -0.417 e. The third-order valence-corrected chi connectivity index (χ3v) is 7.15. The number of piperidine rings is 1. The van der Waals surface area contributed by atoms with Crippen molar-refractivity contribution in [2.75, 3.05) is 47.8 Å². The third-order valence-electron chi connectivity index (χ3n) is 7.15. The zero-order chi connectivity index (χ0) is 28.3. The fourth-order valence-electron chi connectivity index (χ4n) is 5.05. The van der Waals surface area contributed by atoms with Gasteiger partial charge in [-0.25, -0.2) is 4.98 Å². The predicted octanol–water partition coefficient (Wildman–Crippen LogP) is 4.82. The summed E-state index contributed by atoms with van der Waals surface area (Å²) in [5.41, 5.74) is -0.0827. The summed E-state index contributed by atoms with van der Waals surface area (Å²) < 4.78 is 46.5. The van der Waals surface area contributed by atoms with Crippen molar-refractivity contribution in [3.05, 3.63) is 65.7 Å². The number of hydrogen-bond acceptors (Lipinski definition) is 7. The molecule has 0 aliphatic carbocycles. The number of benzene rings is 1. The Morgan fingerprint density at radius 1 is 1.07 bits per heavy atom. The molecule has 0 spiro atoms. The number of nitrogens with one attached hydrogen (secondary N) is 1. The van der Waals surface area contributed by atoms with Crippen LogP contribution in [0.1, 0.15) is 48.0 Å². The van der Waals surface area contributed by atoms with Crippen LogP contribution in [0.25, 0.3) is 0 Å². The topological polar surface area (TPSA) is 94.8 Å². The monoisotopic (exact) mass is 556 g/mol. The Morgan fingerprint density at radius 3 is 2.58 bits per heavy atom. The van der Waals surface area contributed by atoms with E-state index in [0.29, 0.717) is 51.5 Å². The normalized spacial score (nSPS) is 18.6. The van der Waals surface area contributed by atoms with Gasteiger partial charge in [-0.2, -0.15) is 18.2 Å². The van der Waals surface area contributed by atoms with Crippen LogP contribution < -0.4 is 15.1 Å². The molecule has 3 aromatic rings. The first-order valence-electron chi connectivity index (χ1n) is 13.3. The fraction of sp³-hybridized carbons (Fsp3) is 0.429. The van der Waals surface area contributed by atoms with E-state index in [1.807, 2.05) is 47.1 Å². The van der Waals surface area contributed by atoms with E-state index in [0.717, 1.165) is 18.4 Å². The first-order valence-corrected chi connectivity index (χ1v) is 13.3. The number of alkyl halides is 3. The molecule has 2 aliphatic heterocycles. The maximum absolute atomic E-state index is 13.7. The van der Waals surface area contributed by atoms with Gasteiger partial charge in [-0.15, -0.1) is 0 Å². The second-order valence-corrected chi connectivity index (χ2v) is 10.3. The Morgan fingerprint density at radius 2 is 1.88 bits per heavy atom. The summed E-state index contributed by atoms with van der Waals surface area (Å²) in [5.74, 6) is -0.992. The molecule has 1 unspecified atom stereocenters. The minimum atomic E-state index is -4.85. The van der Waals surface area contributed by atoms with Crippen molar-refractivity contribution in [3.8, 4) is 0 Å². The van der Waals surface area contributed by atoms with Gasteiger partial charge in [-0.05, 0) is 36.5 Å². The third kappa shape index (κ3) is 6.37. The van der Waals surface area contributed by atoms with Crippen molar-refractivity contribution in [2.24, 2.45) is 5.92 Å². The van der Waals surface area contributed by atoms with Crippen LogP contribution in [0.15, 0.2) is 53.1 Å². The Balaban J connectivity index is 1.25. The van der Waals surface area contributed by atoms with E-state index in [1.165, 1.54) is 6.20 Å². The zero-order valence-corrected chi connectivity index (χ0v) is 22.2. The van der Waals surface area contributed by atoms with E-state index in [1.54, 1.807) is 17.0 Å². The quantitative estimate of drug-likeness (QED) is 0.465. The molecular weight excluding hydrogens is 525 g/mol. The molecule has 2 saturated heterocycles. The number of carbonyl (C=O) groups is 2. The molecule has 40 heavy (non-hydrogen) atoms. The molecule has 9 nitrogen and oxygen atoms in total. The summed E-state index contributed by atoms with van der Waals surface area (Å²) in [6.45, 7) is 5.14. The van der Waals surface area contributed by atoms with Crippen LogP contribution in [-0.4, -0.2) is 59.4 Å². The van der Waals surface area contributed by atoms with Crippen LogP contribution in [0.2, 0.25) is 0 Å². The average Bonchev–Trinajstić information content (AvgIpc) is 3.33. The van der Waals surface area contributed by atoms with Crippen molar-refractivity contribution in [1.29, 1.82) is 0 Å². The van der Waals surface area contributed by atoms with Crippen LogP contribution in [0.4, 0.5) is 30.7 Å². The number of nitrogens with zero attached hydrogens (tertiary/aromatic N) is 5. The van der Waals surface area contributed by atoms with Gasteiger partial charge in [-0.3, -0.25) is 9.59 Å². The van der Waals surface area contributed by atoms with Crippen molar-refractivity contribution in [1.82, 2.24) is 14.9 Å². The first kappa shape index (κ1) is 27.5. The number of halogens is 3. The molecule has 0 bridgehead atoms. The summed E-state index contributed by atoms with van der Waals surface area (Å²) in [6.07, 6.45) is -1.37. The summed E-state index contributed by atoms with van der Waals surface area (Å²) in [5, 5.41) is 2.45. The molecule has 2 amide bonds. The highest BCUT2D eigenvalue weighted by molar-refractivity contribution is 6.03. The second-order valence-electron chi connectivity index (χ2n) is 10.3. The number of anilines is 3. The Hall–Kier alpha value is -4.09. The number of pyridine rings is 1. The zero-order valence-electron chi connectivity index (χ0n) is 22.2. The number of amides is 2.